The SMILES string of the molecule is Cc1ccc(C(O)(CN)C(C)(C)C)cn1. The molecule has 15 heavy (non-hydrogen) atoms. The lowest BCUT2D eigenvalue weighted by Gasteiger charge is -2.39. The van der Waals surface area contributed by atoms with E-state index in [1.165, 1.54) is 0 Å². The van der Waals surface area contributed by atoms with Crippen molar-refractivity contribution in [2.75, 3.05) is 6.54 Å². The largest absolute Gasteiger partial charge is 0.383 e. The van der Waals surface area contributed by atoms with Crippen molar-refractivity contribution in [1.82, 2.24) is 4.98 Å². The first-order valence-corrected chi connectivity index (χ1v) is 5.17. The van der Waals surface area contributed by atoms with E-state index >= 15 is 0 Å². The molecule has 1 heterocycles. The first-order chi connectivity index (χ1) is 6.81. The minimum atomic E-state index is -1.02. The van der Waals surface area contributed by atoms with Crippen LogP contribution >= 0.6 is 0 Å². The van der Waals surface area contributed by atoms with Crippen molar-refractivity contribution in [3.8, 4) is 0 Å². The molecule has 3 heteroatoms. The molecule has 0 aliphatic heterocycles. The molecule has 1 aromatic heterocycles. The van der Waals surface area contributed by atoms with Crippen molar-refractivity contribution in [3.05, 3.63) is 29.6 Å². The molecule has 0 amide bonds. The van der Waals surface area contributed by atoms with E-state index in [-0.39, 0.29) is 12.0 Å². The summed E-state index contributed by atoms with van der Waals surface area (Å²) in [4.78, 5) is 4.19. The normalized spacial score (nSPS) is 16.1. The van der Waals surface area contributed by atoms with Crippen LogP contribution in [0.15, 0.2) is 18.3 Å². The van der Waals surface area contributed by atoms with E-state index in [1.54, 1.807) is 6.20 Å². The highest BCUT2D eigenvalue weighted by molar-refractivity contribution is 5.23. The summed E-state index contributed by atoms with van der Waals surface area (Å²) in [6.45, 7) is 8.03. The van der Waals surface area contributed by atoms with Crippen molar-refractivity contribution in [2.45, 2.75) is 33.3 Å². The second-order valence-corrected chi connectivity index (χ2v) is 5.00. The smallest absolute Gasteiger partial charge is 0.108 e. The van der Waals surface area contributed by atoms with Gasteiger partial charge in [0.05, 0.1) is 0 Å². The standard InChI is InChI=1S/C12H20N2O/c1-9-5-6-10(7-14-9)12(15,8-13)11(2,3)4/h5-7,15H,8,13H2,1-4H3. The fraction of sp³-hybridized carbons (Fsp3) is 0.583. The molecular weight excluding hydrogens is 188 g/mol. The topological polar surface area (TPSA) is 59.1 Å². The zero-order chi connectivity index (χ0) is 11.7. The van der Waals surface area contributed by atoms with Gasteiger partial charge in [0.25, 0.3) is 0 Å². The van der Waals surface area contributed by atoms with Crippen LogP contribution in [0, 0.1) is 12.3 Å². The zero-order valence-electron chi connectivity index (χ0n) is 9.91. The molecule has 0 aliphatic carbocycles. The summed E-state index contributed by atoms with van der Waals surface area (Å²) in [5, 5.41) is 10.6. The van der Waals surface area contributed by atoms with Crippen molar-refractivity contribution in [1.29, 1.82) is 0 Å². The highest BCUT2D eigenvalue weighted by atomic mass is 16.3. The van der Waals surface area contributed by atoms with E-state index in [9.17, 15) is 5.11 Å². The van der Waals surface area contributed by atoms with Crippen LogP contribution in [0.3, 0.4) is 0 Å². The van der Waals surface area contributed by atoms with Gasteiger partial charge < -0.3 is 10.8 Å². The van der Waals surface area contributed by atoms with Crippen molar-refractivity contribution < 1.29 is 5.11 Å². The summed E-state index contributed by atoms with van der Waals surface area (Å²) in [7, 11) is 0. The molecule has 3 N–H and O–H groups in total. The van der Waals surface area contributed by atoms with Gasteiger partial charge in [0.15, 0.2) is 0 Å². The Morgan fingerprint density at radius 3 is 2.27 bits per heavy atom. The van der Waals surface area contributed by atoms with Crippen molar-refractivity contribution in [3.63, 3.8) is 0 Å². The second-order valence-electron chi connectivity index (χ2n) is 5.00. The third-order valence-electron chi connectivity index (χ3n) is 2.93. The van der Waals surface area contributed by atoms with Gasteiger partial charge >= 0.3 is 0 Å². The van der Waals surface area contributed by atoms with E-state index in [1.807, 2.05) is 39.8 Å². The van der Waals surface area contributed by atoms with E-state index in [0.29, 0.717) is 0 Å². The molecule has 0 saturated carbocycles. The van der Waals surface area contributed by atoms with Crippen LogP contribution < -0.4 is 5.73 Å². The molecule has 0 fully saturated rings. The number of rotatable bonds is 2. The van der Waals surface area contributed by atoms with Gasteiger partial charge in [-0.2, -0.15) is 0 Å². The fourth-order valence-electron chi connectivity index (χ4n) is 1.57. The Balaban J connectivity index is 3.18. The highest BCUT2D eigenvalue weighted by Gasteiger charge is 2.40. The lowest BCUT2D eigenvalue weighted by Crippen LogP contribution is -2.46. The summed E-state index contributed by atoms with van der Waals surface area (Å²) in [6, 6.07) is 3.78. The van der Waals surface area contributed by atoms with E-state index in [4.69, 9.17) is 5.73 Å². The summed E-state index contributed by atoms with van der Waals surface area (Å²) in [6.07, 6.45) is 1.70. The molecule has 0 bridgehead atoms. The summed E-state index contributed by atoms with van der Waals surface area (Å²) >= 11 is 0. The van der Waals surface area contributed by atoms with Crippen molar-refractivity contribution >= 4 is 0 Å². The monoisotopic (exact) mass is 208 g/mol. The summed E-state index contributed by atoms with van der Waals surface area (Å²) in [5.41, 5.74) is 6.08. The molecule has 84 valence electrons. The minimum Gasteiger partial charge on any atom is -0.383 e. The molecular formula is C12H20N2O. The number of aryl methyl sites for hydroxylation is 1. The Labute approximate surface area is 91.3 Å². The Morgan fingerprint density at radius 1 is 1.33 bits per heavy atom. The van der Waals surface area contributed by atoms with Gasteiger partial charge in [0, 0.05) is 24.0 Å². The molecule has 1 rings (SSSR count). The third kappa shape index (κ3) is 2.19. The summed E-state index contributed by atoms with van der Waals surface area (Å²) < 4.78 is 0. The number of aliphatic hydroxyl groups is 1. The van der Waals surface area contributed by atoms with Crippen LogP contribution in [0.2, 0.25) is 0 Å². The Hall–Kier alpha value is -0.930. The average Bonchev–Trinajstić information content (AvgIpc) is 2.16. The van der Waals surface area contributed by atoms with Crippen LogP contribution in [-0.2, 0) is 5.60 Å². The van der Waals surface area contributed by atoms with Gasteiger partial charge in [-0.3, -0.25) is 4.98 Å². The second kappa shape index (κ2) is 3.91. The van der Waals surface area contributed by atoms with Gasteiger partial charge in [-0.1, -0.05) is 26.8 Å². The fourth-order valence-corrected chi connectivity index (χ4v) is 1.57. The lowest BCUT2D eigenvalue weighted by atomic mass is 9.72. The number of nitrogens with two attached hydrogens (primary N) is 1. The maximum atomic E-state index is 10.6. The predicted octanol–water partition coefficient (Wildman–Crippen LogP) is 1.58. The number of nitrogens with zero attached hydrogens (tertiary/aromatic N) is 1. The average molecular weight is 208 g/mol. The van der Waals surface area contributed by atoms with E-state index in [0.717, 1.165) is 11.3 Å². The van der Waals surface area contributed by atoms with E-state index < -0.39 is 5.60 Å². The number of hydrogen-bond donors (Lipinski definition) is 2. The lowest BCUT2D eigenvalue weighted by molar-refractivity contribution is -0.0560. The van der Waals surface area contributed by atoms with Gasteiger partial charge in [0.2, 0.25) is 0 Å². The van der Waals surface area contributed by atoms with Gasteiger partial charge in [-0.05, 0) is 18.4 Å². The summed E-state index contributed by atoms with van der Waals surface area (Å²) in [5.74, 6) is 0. The molecule has 0 radical (unpaired) electrons. The van der Waals surface area contributed by atoms with Crippen LogP contribution in [-0.4, -0.2) is 16.6 Å². The van der Waals surface area contributed by atoms with Gasteiger partial charge in [-0.25, -0.2) is 0 Å². The number of aromatic nitrogens is 1. The number of pyridine rings is 1. The first-order valence-electron chi connectivity index (χ1n) is 5.17. The van der Waals surface area contributed by atoms with Gasteiger partial charge in [-0.15, -0.1) is 0 Å². The van der Waals surface area contributed by atoms with Crippen LogP contribution in [0.5, 0.6) is 0 Å². The highest BCUT2D eigenvalue weighted by Crippen LogP contribution is 2.37. The van der Waals surface area contributed by atoms with Gasteiger partial charge in [0.1, 0.15) is 5.60 Å². The minimum absolute atomic E-state index is 0.196. The van der Waals surface area contributed by atoms with Crippen LogP contribution in [0.25, 0.3) is 0 Å². The van der Waals surface area contributed by atoms with Crippen LogP contribution in [0.1, 0.15) is 32.0 Å². The Kier molecular flexibility index (Phi) is 3.16. The predicted molar refractivity (Wildman–Crippen MR) is 61.4 cm³/mol. The Morgan fingerprint density at radius 2 is 1.93 bits per heavy atom. The Bertz CT molecular complexity index is 326. The molecule has 0 aliphatic rings. The van der Waals surface area contributed by atoms with E-state index in [2.05, 4.69) is 4.98 Å². The van der Waals surface area contributed by atoms with Crippen molar-refractivity contribution in [2.24, 2.45) is 11.1 Å². The first kappa shape index (κ1) is 12.1. The molecule has 1 unspecified atom stereocenters. The number of hydrogen-bond acceptors (Lipinski definition) is 3. The maximum Gasteiger partial charge on any atom is 0.108 e. The van der Waals surface area contributed by atoms with Crippen LogP contribution in [0.4, 0.5) is 0 Å². The molecule has 0 saturated heterocycles. The zero-order valence-corrected chi connectivity index (χ0v) is 9.91. The third-order valence-corrected chi connectivity index (χ3v) is 2.93. The molecule has 3 nitrogen and oxygen atoms in total. The maximum absolute atomic E-state index is 10.6. The molecule has 1 atom stereocenters. The quantitative estimate of drug-likeness (QED) is 0.775. The molecule has 0 aromatic carbocycles. The molecule has 0 spiro atoms. The molecule has 1 aromatic rings.